The zero-order valence-corrected chi connectivity index (χ0v) is 16.1. The number of anilines is 1. The van der Waals surface area contributed by atoms with Gasteiger partial charge in [0.2, 0.25) is 0 Å². The van der Waals surface area contributed by atoms with Gasteiger partial charge in [0.05, 0.1) is 12.0 Å². The van der Waals surface area contributed by atoms with Crippen LogP contribution in [0.5, 0.6) is 5.75 Å². The van der Waals surface area contributed by atoms with Crippen LogP contribution in [0.15, 0.2) is 83.8 Å². The molecule has 0 fully saturated rings. The molecule has 6 nitrogen and oxygen atoms in total. The maximum atomic E-state index is 12.4. The molecular weight excluding hydrogens is 376 g/mol. The number of rotatable bonds is 7. The van der Waals surface area contributed by atoms with Crippen LogP contribution in [0.4, 0.5) is 5.69 Å². The lowest BCUT2D eigenvalue weighted by Gasteiger charge is -2.09. The minimum atomic E-state index is -3.71. The summed E-state index contributed by atoms with van der Waals surface area (Å²) in [5.74, 6) is 0.426. The Bertz CT molecular complexity index is 1050. The van der Waals surface area contributed by atoms with E-state index < -0.39 is 10.0 Å². The largest absolute Gasteiger partial charge is 0.497 e. The predicted molar refractivity (Wildman–Crippen MR) is 108 cm³/mol. The van der Waals surface area contributed by atoms with Crippen LogP contribution in [-0.4, -0.2) is 21.4 Å². The molecule has 2 N–H and O–H groups in total. The summed E-state index contributed by atoms with van der Waals surface area (Å²) < 4.78 is 32.5. The highest BCUT2D eigenvalue weighted by molar-refractivity contribution is 7.92. The third-order valence-electron chi connectivity index (χ3n) is 4.04. The van der Waals surface area contributed by atoms with Gasteiger partial charge in [0.25, 0.3) is 15.9 Å². The van der Waals surface area contributed by atoms with Gasteiger partial charge in [-0.15, -0.1) is 0 Å². The van der Waals surface area contributed by atoms with E-state index in [0.717, 1.165) is 5.56 Å². The van der Waals surface area contributed by atoms with E-state index in [1.54, 1.807) is 37.4 Å². The van der Waals surface area contributed by atoms with Crippen LogP contribution in [0.25, 0.3) is 0 Å². The highest BCUT2D eigenvalue weighted by atomic mass is 32.2. The first kappa shape index (κ1) is 19.4. The Morgan fingerprint density at radius 2 is 1.64 bits per heavy atom. The van der Waals surface area contributed by atoms with Crippen LogP contribution < -0.4 is 14.8 Å². The molecule has 0 aliphatic carbocycles. The molecule has 0 aliphatic rings. The highest BCUT2D eigenvalue weighted by Crippen LogP contribution is 2.17. The Kier molecular flexibility index (Phi) is 5.96. The highest BCUT2D eigenvalue weighted by Gasteiger charge is 2.15. The number of nitrogens with one attached hydrogen (secondary N) is 2. The van der Waals surface area contributed by atoms with Gasteiger partial charge in [0.1, 0.15) is 5.75 Å². The van der Waals surface area contributed by atoms with Crippen LogP contribution >= 0.6 is 0 Å². The van der Waals surface area contributed by atoms with Crippen LogP contribution in [0.2, 0.25) is 0 Å². The molecule has 0 bridgehead atoms. The third-order valence-corrected chi connectivity index (χ3v) is 5.44. The zero-order chi connectivity index (χ0) is 20.0. The Morgan fingerprint density at radius 3 is 2.32 bits per heavy atom. The molecule has 0 aromatic heterocycles. The molecular formula is C21H20N2O4S. The molecule has 0 atom stereocenters. The smallest absolute Gasteiger partial charge is 0.261 e. The number of carbonyl (C=O) groups is 1. The van der Waals surface area contributed by atoms with E-state index in [1.165, 1.54) is 24.3 Å². The average Bonchev–Trinajstić information content (AvgIpc) is 2.72. The lowest BCUT2D eigenvalue weighted by Crippen LogP contribution is -2.23. The molecule has 0 heterocycles. The summed E-state index contributed by atoms with van der Waals surface area (Å²) in [7, 11) is -2.13. The lowest BCUT2D eigenvalue weighted by molar-refractivity contribution is 0.0950. The molecule has 7 heteroatoms. The minimum absolute atomic E-state index is 0.0840. The van der Waals surface area contributed by atoms with Crippen molar-refractivity contribution < 1.29 is 17.9 Å². The van der Waals surface area contributed by atoms with Gasteiger partial charge >= 0.3 is 0 Å². The second kappa shape index (κ2) is 8.58. The Balaban J connectivity index is 1.65. The van der Waals surface area contributed by atoms with Gasteiger partial charge in [-0.1, -0.05) is 30.3 Å². The first-order valence-corrected chi connectivity index (χ1v) is 10.1. The third kappa shape index (κ3) is 4.89. The van der Waals surface area contributed by atoms with Crippen molar-refractivity contribution in [2.24, 2.45) is 0 Å². The fourth-order valence-corrected chi connectivity index (χ4v) is 3.63. The summed E-state index contributed by atoms with van der Waals surface area (Å²) in [6, 6.07) is 21.8. The van der Waals surface area contributed by atoms with Gasteiger partial charge in [0.15, 0.2) is 0 Å². The number of methoxy groups -OCH3 is 1. The molecule has 0 aliphatic heterocycles. The van der Waals surface area contributed by atoms with Crippen molar-refractivity contribution in [1.82, 2.24) is 5.32 Å². The van der Waals surface area contributed by atoms with Gasteiger partial charge in [-0.2, -0.15) is 0 Å². The number of para-hydroxylation sites is 1. The standard InChI is InChI=1S/C21H20N2O4S/c1-27-19-9-5-6-16(14-19)15-22-21(24)17-10-12-20(13-11-17)28(25,26)23-18-7-3-2-4-8-18/h2-14,23H,15H2,1H3,(H,22,24). The van der Waals surface area contributed by atoms with Gasteiger partial charge in [-0.25, -0.2) is 8.42 Å². The van der Waals surface area contributed by atoms with Gasteiger partial charge in [-0.3, -0.25) is 9.52 Å². The Labute approximate surface area is 164 Å². The summed E-state index contributed by atoms with van der Waals surface area (Å²) in [5.41, 5.74) is 1.75. The van der Waals surface area contributed by atoms with Crippen molar-refractivity contribution in [2.45, 2.75) is 11.4 Å². The summed E-state index contributed by atoms with van der Waals surface area (Å²) >= 11 is 0. The van der Waals surface area contributed by atoms with E-state index in [-0.39, 0.29) is 10.8 Å². The fourth-order valence-electron chi connectivity index (χ4n) is 2.57. The van der Waals surface area contributed by atoms with Gasteiger partial charge in [-0.05, 0) is 54.1 Å². The molecule has 144 valence electrons. The maximum absolute atomic E-state index is 12.4. The van der Waals surface area contributed by atoms with Crippen LogP contribution in [0, 0.1) is 0 Å². The predicted octanol–water partition coefficient (Wildman–Crippen LogP) is 3.43. The first-order valence-electron chi connectivity index (χ1n) is 8.57. The minimum Gasteiger partial charge on any atom is -0.497 e. The normalized spacial score (nSPS) is 10.9. The monoisotopic (exact) mass is 396 g/mol. The summed E-state index contributed by atoms with van der Waals surface area (Å²) in [6.07, 6.45) is 0. The molecule has 0 radical (unpaired) electrons. The van der Waals surface area contributed by atoms with Crippen LogP contribution in [0.3, 0.4) is 0 Å². The fraction of sp³-hybridized carbons (Fsp3) is 0.0952. The molecule has 0 saturated carbocycles. The van der Waals surface area contributed by atoms with E-state index in [9.17, 15) is 13.2 Å². The van der Waals surface area contributed by atoms with Crippen LogP contribution in [-0.2, 0) is 16.6 Å². The number of sulfonamides is 1. The zero-order valence-electron chi connectivity index (χ0n) is 15.3. The van der Waals surface area contributed by atoms with Gasteiger partial charge < -0.3 is 10.1 Å². The number of hydrogen-bond donors (Lipinski definition) is 2. The molecule has 0 saturated heterocycles. The van der Waals surface area contributed by atoms with E-state index >= 15 is 0 Å². The molecule has 3 rings (SSSR count). The van der Waals surface area contributed by atoms with Crippen molar-refractivity contribution >= 4 is 21.6 Å². The quantitative estimate of drug-likeness (QED) is 0.641. The second-order valence-electron chi connectivity index (χ2n) is 6.03. The number of amides is 1. The van der Waals surface area contributed by atoms with E-state index in [4.69, 9.17) is 4.74 Å². The Hall–Kier alpha value is -3.32. The van der Waals surface area contributed by atoms with Crippen molar-refractivity contribution in [1.29, 1.82) is 0 Å². The molecule has 28 heavy (non-hydrogen) atoms. The average molecular weight is 396 g/mol. The van der Waals surface area contributed by atoms with Crippen molar-refractivity contribution in [2.75, 3.05) is 11.8 Å². The molecule has 1 amide bonds. The van der Waals surface area contributed by atoms with E-state index in [1.807, 2.05) is 24.3 Å². The molecule has 0 unspecified atom stereocenters. The lowest BCUT2D eigenvalue weighted by atomic mass is 10.2. The number of benzene rings is 3. The van der Waals surface area contributed by atoms with Crippen molar-refractivity contribution in [3.05, 3.63) is 90.0 Å². The van der Waals surface area contributed by atoms with E-state index in [0.29, 0.717) is 23.5 Å². The van der Waals surface area contributed by atoms with Crippen molar-refractivity contribution in [3.8, 4) is 5.75 Å². The molecule has 3 aromatic carbocycles. The first-order chi connectivity index (χ1) is 13.5. The topological polar surface area (TPSA) is 84.5 Å². The molecule has 3 aromatic rings. The Morgan fingerprint density at radius 1 is 0.929 bits per heavy atom. The van der Waals surface area contributed by atoms with Crippen molar-refractivity contribution in [3.63, 3.8) is 0 Å². The summed E-state index contributed by atoms with van der Waals surface area (Å²) in [5, 5.41) is 2.81. The van der Waals surface area contributed by atoms with Gasteiger partial charge in [0, 0.05) is 17.8 Å². The summed E-state index contributed by atoms with van der Waals surface area (Å²) in [6.45, 7) is 0.339. The summed E-state index contributed by atoms with van der Waals surface area (Å²) in [4.78, 5) is 12.4. The number of ether oxygens (including phenoxy) is 1. The van der Waals surface area contributed by atoms with E-state index in [2.05, 4.69) is 10.0 Å². The molecule has 0 spiro atoms. The SMILES string of the molecule is COc1cccc(CNC(=O)c2ccc(S(=O)(=O)Nc3ccccc3)cc2)c1. The number of carbonyl (C=O) groups excluding carboxylic acids is 1. The number of hydrogen-bond acceptors (Lipinski definition) is 4. The second-order valence-corrected chi connectivity index (χ2v) is 7.71. The van der Waals surface area contributed by atoms with Crippen LogP contribution in [0.1, 0.15) is 15.9 Å². The maximum Gasteiger partial charge on any atom is 0.261 e.